The molecule has 0 saturated carbocycles. The van der Waals surface area contributed by atoms with Gasteiger partial charge in [0.2, 0.25) is 5.95 Å². The van der Waals surface area contributed by atoms with Gasteiger partial charge < -0.3 is 19.8 Å². The van der Waals surface area contributed by atoms with Gasteiger partial charge in [0.15, 0.2) is 5.82 Å². The van der Waals surface area contributed by atoms with Gasteiger partial charge in [0, 0.05) is 16.9 Å². The Hall–Kier alpha value is -4.33. The van der Waals surface area contributed by atoms with E-state index < -0.39 is 6.04 Å². The molecule has 8 nitrogen and oxygen atoms in total. The molecule has 0 radical (unpaired) electrons. The molecular formula is C25H23N5O3. The third-order valence-corrected chi connectivity index (χ3v) is 5.51. The minimum Gasteiger partial charge on any atom is -0.497 e. The summed E-state index contributed by atoms with van der Waals surface area (Å²) in [6, 6.07) is 20.0. The summed E-state index contributed by atoms with van der Waals surface area (Å²) in [6.07, 6.45) is 0. The first kappa shape index (κ1) is 20.6. The van der Waals surface area contributed by atoms with Gasteiger partial charge >= 0.3 is 0 Å². The van der Waals surface area contributed by atoms with Gasteiger partial charge in [0.25, 0.3) is 5.91 Å². The highest BCUT2D eigenvalue weighted by Crippen LogP contribution is 2.37. The molecule has 2 N–H and O–H groups in total. The van der Waals surface area contributed by atoms with Crippen molar-refractivity contribution in [3.63, 3.8) is 0 Å². The van der Waals surface area contributed by atoms with Crippen LogP contribution in [-0.4, -0.2) is 27.8 Å². The highest BCUT2D eigenvalue weighted by molar-refractivity contribution is 6.05. The number of carbonyl (C=O) groups excluding carboxylic acids is 1. The quantitative estimate of drug-likeness (QED) is 0.463. The molecule has 5 rings (SSSR count). The van der Waals surface area contributed by atoms with Crippen molar-refractivity contribution >= 4 is 17.5 Å². The van der Waals surface area contributed by atoms with Gasteiger partial charge in [-0.1, -0.05) is 18.2 Å². The number of rotatable bonds is 5. The van der Waals surface area contributed by atoms with Crippen molar-refractivity contribution in [2.45, 2.75) is 19.9 Å². The van der Waals surface area contributed by atoms with Crippen LogP contribution in [0.4, 0.5) is 11.6 Å². The number of amides is 1. The molecule has 1 unspecified atom stereocenters. The first-order valence-corrected chi connectivity index (χ1v) is 10.5. The van der Waals surface area contributed by atoms with E-state index in [1.165, 1.54) is 0 Å². The highest BCUT2D eigenvalue weighted by atomic mass is 16.5. The molecule has 0 saturated heterocycles. The number of fused-ring (bicyclic) bond motifs is 1. The standard InChI is InChI=1S/C25H23N5O3/c1-15-9-14-20(33-15)22-21(24(31)27-18-7-5-4-6-8-18)16(2)26-25-28-23(29-30(22)25)17-10-12-19(32-3)13-11-17/h4-14,22H,1-3H3,(H,27,31)(H,26,28,29). The average Bonchev–Trinajstić information content (AvgIpc) is 3.45. The molecule has 1 aliphatic heterocycles. The number of para-hydroxylation sites is 1. The number of hydrogen-bond acceptors (Lipinski definition) is 6. The summed E-state index contributed by atoms with van der Waals surface area (Å²) in [5, 5.41) is 11.0. The van der Waals surface area contributed by atoms with E-state index >= 15 is 0 Å². The number of benzene rings is 2. The fourth-order valence-electron chi connectivity index (χ4n) is 3.89. The Balaban J connectivity index is 1.57. The average molecular weight is 441 g/mol. The summed E-state index contributed by atoms with van der Waals surface area (Å²) in [4.78, 5) is 18.1. The van der Waals surface area contributed by atoms with E-state index in [0.717, 1.165) is 17.1 Å². The van der Waals surface area contributed by atoms with E-state index in [-0.39, 0.29) is 5.91 Å². The third-order valence-electron chi connectivity index (χ3n) is 5.51. The molecule has 8 heteroatoms. The molecule has 0 bridgehead atoms. The van der Waals surface area contributed by atoms with Gasteiger partial charge in [-0.3, -0.25) is 4.79 Å². The second kappa shape index (κ2) is 8.31. The number of hydrogen-bond donors (Lipinski definition) is 2. The van der Waals surface area contributed by atoms with E-state index in [1.54, 1.807) is 11.8 Å². The van der Waals surface area contributed by atoms with E-state index in [2.05, 4.69) is 15.6 Å². The number of aromatic nitrogens is 3. The van der Waals surface area contributed by atoms with Gasteiger partial charge in [-0.25, -0.2) is 4.68 Å². The maximum atomic E-state index is 13.4. The first-order valence-electron chi connectivity index (χ1n) is 10.5. The van der Waals surface area contributed by atoms with Crippen molar-refractivity contribution in [2.75, 3.05) is 17.7 Å². The largest absolute Gasteiger partial charge is 0.497 e. The maximum Gasteiger partial charge on any atom is 0.256 e. The molecule has 1 atom stereocenters. The van der Waals surface area contributed by atoms with Crippen LogP contribution < -0.4 is 15.4 Å². The number of carbonyl (C=O) groups is 1. The Morgan fingerprint density at radius 2 is 1.82 bits per heavy atom. The van der Waals surface area contributed by atoms with Crippen LogP contribution in [0.25, 0.3) is 11.4 Å². The van der Waals surface area contributed by atoms with Crippen LogP contribution in [0.2, 0.25) is 0 Å². The molecule has 4 aromatic rings. The minimum absolute atomic E-state index is 0.239. The molecular weight excluding hydrogens is 418 g/mol. The van der Waals surface area contributed by atoms with Gasteiger partial charge in [-0.05, 0) is 62.4 Å². The predicted molar refractivity (Wildman–Crippen MR) is 125 cm³/mol. The molecule has 166 valence electrons. The molecule has 3 heterocycles. The number of anilines is 2. The van der Waals surface area contributed by atoms with Gasteiger partial charge in [0.1, 0.15) is 23.3 Å². The van der Waals surface area contributed by atoms with E-state index in [1.807, 2.05) is 80.6 Å². The molecule has 0 fully saturated rings. The second-order valence-corrected chi connectivity index (χ2v) is 7.77. The van der Waals surface area contributed by atoms with Crippen LogP contribution in [0.15, 0.2) is 82.4 Å². The zero-order valence-electron chi connectivity index (χ0n) is 18.5. The summed E-state index contributed by atoms with van der Waals surface area (Å²) in [7, 11) is 1.62. The highest BCUT2D eigenvalue weighted by Gasteiger charge is 2.36. The smallest absolute Gasteiger partial charge is 0.256 e. The number of nitrogens with zero attached hydrogens (tertiary/aromatic N) is 3. The molecule has 0 spiro atoms. The molecule has 1 aliphatic rings. The Morgan fingerprint density at radius 3 is 2.48 bits per heavy atom. The maximum absolute atomic E-state index is 13.4. The summed E-state index contributed by atoms with van der Waals surface area (Å²) in [5.41, 5.74) is 2.73. The Kier molecular flexibility index (Phi) is 5.18. The lowest BCUT2D eigenvalue weighted by Crippen LogP contribution is -2.31. The number of ether oxygens (including phenoxy) is 1. The summed E-state index contributed by atoms with van der Waals surface area (Å²) >= 11 is 0. The van der Waals surface area contributed by atoms with Gasteiger partial charge in [0.05, 0.1) is 12.7 Å². The van der Waals surface area contributed by atoms with Crippen molar-refractivity contribution < 1.29 is 13.9 Å². The number of nitrogens with one attached hydrogen (secondary N) is 2. The Bertz CT molecular complexity index is 1340. The van der Waals surface area contributed by atoms with E-state index in [0.29, 0.717) is 34.5 Å². The zero-order valence-corrected chi connectivity index (χ0v) is 18.5. The lowest BCUT2D eigenvalue weighted by molar-refractivity contribution is -0.113. The van der Waals surface area contributed by atoms with Crippen molar-refractivity contribution in [1.29, 1.82) is 0 Å². The summed E-state index contributed by atoms with van der Waals surface area (Å²) in [6.45, 7) is 3.73. The predicted octanol–water partition coefficient (Wildman–Crippen LogP) is 4.78. The fourth-order valence-corrected chi connectivity index (χ4v) is 3.89. The SMILES string of the molecule is COc1ccc(-c2nc3n(n2)C(c2ccc(C)o2)C(C(=O)Nc2ccccc2)=C(C)N3)cc1. The molecule has 1 amide bonds. The number of methoxy groups -OCH3 is 1. The lowest BCUT2D eigenvalue weighted by Gasteiger charge is -2.27. The minimum atomic E-state index is -0.571. The third kappa shape index (κ3) is 3.87. The van der Waals surface area contributed by atoms with Crippen LogP contribution >= 0.6 is 0 Å². The van der Waals surface area contributed by atoms with Crippen LogP contribution in [0.5, 0.6) is 5.75 Å². The fraction of sp³-hybridized carbons (Fsp3) is 0.160. The first-order chi connectivity index (χ1) is 16.0. The second-order valence-electron chi connectivity index (χ2n) is 7.77. The van der Waals surface area contributed by atoms with Crippen LogP contribution in [0.1, 0.15) is 24.5 Å². The van der Waals surface area contributed by atoms with Crippen molar-refractivity contribution in [3.8, 4) is 17.1 Å². The monoisotopic (exact) mass is 441 g/mol. The van der Waals surface area contributed by atoms with Crippen molar-refractivity contribution in [3.05, 3.63) is 89.5 Å². The lowest BCUT2D eigenvalue weighted by atomic mass is 10.00. The normalized spacial score (nSPS) is 15.1. The molecule has 0 aliphatic carbocycles. The summed E-state index contributed by atoms with van der Waals surface area (Å²) < 4.78 is 12.9. The summed E-state index contributed by atoms with van der Waals surface area (Å²) in [5.74, 6) is 2.94. The Morgan fingerprint density at radius 1 is 1.06 bits per heavy atom. The van der Waals surface area contributed by atoms with Gasteiger partial charge in [-0.15, -0.1) is 5.10 Å². The zero-order chi connectivity index (χ0) is 22.9. The number of aryl methyl sites for hydroxylation is 1. The van der Waals surface area contributed by atoms with Gasteiger partial charge in [-0.2, -0.15) is 4.98 Å². The Labute approximate surface area is 190 Å². The molecule has 33 heavy (non-hydrogen) atoms. The van der Waals surface area contributed by atoms with Crippen LogP contribution in [0.3, 0.4) is 0 Å². The molecule has 2 aromatic heterocycles. The van der Waals surface area contributed by atoms with E-state index in [4.69, 9.17) is 14.3 Å². The van der Waals surface area contributed by atoms with Crippen LogP contribution in [0, 0.1) is 6.92 Å². The topological polar surface area (TPSA) is 94.2 Å². The number of furan rings is 1. The van der Waals surface area contributed by atoms with E-state index in [9.17, 15) is 4.79 Å². The van der Waals surface area contributed by atoms with Crippen molar-refractivity contribution in [2.24, 2.45) is 0 Å². The van der Waals surface area contributed by atoms with Crippen LogP contribution in [-0.2, 0) is 4.79 Å². The molecule has 2 aromatic carbocycles. The van der Waals surface area contributed by atoms with Crippen molar-refractivity contribution in [1.82, 2.24) is 14.8 Å². The number of allylic oxidation sites excluding steroid dienone is 1.